The summed E-state index contributed by atoms with van der Waals surface area (Å²) in [6.07, 6.45) is 8.33. The molecular weight excluding hydrogens is 319 g/mol. The lowest BCUT2D eigenvalue weighted by Gasteiger charge is -2.13. The minimum Gasteiger partial charge on any atom is -0.368 e. The number of allylic oxidation sites excluding steroid dienone is 1. The molecule has 0 spiro atoms. The first kappa shape index (κ1) is 17.1. The average molecular weight is 340 g/mol. The molecule has 0 bridgehead atoms. The van der Waals surface area contributed by atoms with E-state index < -0.39 is 0 Å². The van der Waals surface area contributed by atoms with Gasteiger partial charge in [-0.2, -0.15) is 0 Å². The molecule has 6 heteroatoms. The van der Waals surface area contributed by atoms with Crippen LogP contribution in [-0.4, -0.2) is 22.6 Å². The zero-order valence-electron chi connectivity index (χ0n) is 14.0. The van der Waals surface area contributed by atoms with Gasteiger partial charge in [-0.05, 0) is 68.5 Å². The summed E-state index contributed by atoms with van der Waals surface area (Å²) in [5.74, 6) is 0.307. The van der Waals surface area contributed by atoms with Crippen LogP contribution in [0.2, 0.25) is 0 Å². The molecule has 1 heterocycles. The van der Waals surface area contributed by atoms with Crippen LogP contribution in [-0.2, 0) is 0 Å². The maximum Gasteiger partial charge on any atom is 0.256 e. The minimum absolute atomic E-state index is 0.348. The fourth-order valence-corrected chi connectivity index (χ4v) is 2.77. The Morgan fingerprint density at radius 2 is 1.80 bits per heavy atom. The van der Waals surface area contributed by atoms with Crippen LogP contribution in [0.4, 0.5) is 16.0 Å². The van der Waals surface area contributed by atoms with E-state index in [0.717, 1.165) is 13.0 Å². The molecular formula is C19H21FN4O. The summed E-state index contributed by atoms with van der Waals surface area (Å²) in [6, 6.07) is 8.81. The van der Waals surface area contributed by atoms with E-state index in [1.165, 1.54) is 55.5 Å². The molecule has 3 rings (SSSR count). The first-order valence-corrected chi connectivity index (χ1v) is 8.53. The zero-order chi connectivity index (χ0) is 17.5. The Bertz CT molecular complexity index is 741. The van der Waals surface area contributed by atoms with Crippen molar-refractivity contribution in [2.24, 2.45) is 0 Å². The van der Waals surface area contributed by atoms with Gasteiger partial charge < -0.3 is 10.6 Å². The molecule has 1 aliphatic rings. The summed E-state index contributed by atoms with van der Waals surface area (Å²) in [5, 5.41) is 13.9. The van der Waals surface area contributed by atoms with E-state index in [-0.39, 0.29) is 11.7 Å². The van der Waals surface area contributed by atoms with Crippen LogP contribution in [0.5, 0.6) is 0 Å². The summed E-state index contributed by atoms with van der Waals surface area (Å²) >= 11 is 0. The fraction of sp³-hybridized carbons (Fsp3) is 0.316. The van der Waals surface area contributed by atoms with Gasteiger partial charge >= 0.3 is 0 Å². The minimum atomic E-state index is -0.379. The predicted molar refractivity (Wildman–Crippen MR) is 96.0 cm³/mol. The Morgan fingerprint density at radius 3 is 2.48 bits per heavy atom. The van der Waals surface area contributed by atoms with Crippen LogP contribution in [0.15, 0.2) is 48.0 Å². The van der Waals surface area contributed by atoms with Crippen molar-refractivity contribution in [3.05, 3.63) is 59.4 Å². The predicted octanol–water partition coefficient (Wildman–Crippen LogP) is 4.17. The van der Waals surface area contributed by atoms with Gasteiger partial charge in [-0.25, -0.2) is 4.39 Å². The number of hydrogen-bond acceptors (Lipinski definition) is 4. The molecule has 130 valence electrons. The summed E-state index contributed by atoms with van der Waals surface area (Å²) in [5.41, 5.74) is 1.88. The number of hydrogen-bond donors (Lipinski definition) is 2. The van der Waals surface area contributed by atoms with Crippen LogP contribution >= 0.6 is 0 Å². The Labute approximate surface area is 146 Å². The smallest absolute Gasteiger partial charge is 0.256 e. The molecule has 1 aromatic carbocycles. The van der Waals surface area contributed by atoms with Crippen LogP contribution in [0, 0.1) is 5.82 Å². The summed E-state index contributed by atoms with van der Waals surface area (Å²) < 4.78 is 12.9. The molecule has 0 fully saturated rings. The maximum absolute atomic E-state index is 12.9. The lowest BCUT2D eigenvalue weighted by Crippen LogP contribution is -2.14. The molecule has 0 atom stereocenters. The number of aromatic nitrogens is 2. The number of rotatable bonds is 6. The number of benzene rings is 1. The number of halogens is 1. The number of carbonyl (C=O) groups is 1. The monoisotopic (exact) mass is 340 g/mol. The van der Waals surface area contributed by atoms with Crippen molar-refractivity contribution in [3.8, 4) is 0 Å². The molecule has 1 aliphatic carbocycles. The lowest BCUT2D eigenvalue weighted by atomic mass is 9.97. The average Bonchev–Trinajstić information content (AvgIpc) is 2.64. The molecule has 2 N–H and O–H groups in total. The van der Waals surface area contributed by atoms with Gasteiger partial charge in [-0.3, -0.25) is 4.79 Å². The number of carbonyl (C=O) groups excluding carboxylic acids is 1. The summed E-state index contributed by atoms with van der Waals surface area (Å²) in [6.45, 7) is 0.821. The Kier molecular flexibility index (Phi) is 5.72. The van der Waals surface area contributed by atoms with Gasteiger partial charge in [0.2, 0.25) is 0 Å². The van der Waals surface area contributed by atoms with E-state index in [0.29, 0.717) is 17.2 Å². The van der Waals surface area contributed by atoms with Crippen molar-refractivity contribution in [1.29, 1.82) is 0 Å². The van der Waals surface area contributed by atoms with Gasteiger partial charge in [-0.1, -0.05) is 11.6 Å². The van der Waals surface area contributed by atoms with Crippen LogP contribution in [0.25, 0.3) is 0 Å². The zero-order valence-corrected chi connectivity index (χ0v) is 14.0. The number of amides is 1. The third-order valence-corrected chi connectivity index (χ3v) is 4.15. The van der Waals surface area contributed by atoms with Gasteiger partial charge in [0, 0.05) is 12.1 Å². The molecule has 0 saturated carbocycles. The van der Waals surface area contributed by atoms with Crippen molar-refractivity contribution in [2.45, 2.75) is 32.1 Å². The molecule has 5 nitrogen and oxygen atoms in total. The molecule has 1 aromatic heterocycles. The van der Waals surface area contributed by atoms with E-state index in [1.807, 2.05) is 0 Å². The molecule has 25 heavy (non-hydrogen) atoms. The van der Waals surface area contributed by atoms with Crippen LogP contribution < -0.4 is 10.6 Å². The van der Waals surface area contributed by atoms with Crippen molar-refractivity contribution < 1.29 is 9.18 Å². The van der Waals surface area contributed by atoms with E-state index in [2.05, 4.69) is 26.9 Å². The normalized spacial score (nSPS) is 13.9. The third kappa shape index (κ3) is 5.11. The van der Waals surface area contributed by atoms with E-state index in [1.54, 1.807) is 12.1 Å². The number of nitrogens with one attached hydrogen (secondary N) is 2. The number of nitrogens with zero attached hydrogens (tertiary/aromatic N) is 2. The summed E-state index contributed by atoms with van der Waals surface area (Å²) in [7, 11) is 0. The highest BCUT2D eigenvalue weighted by atomic mass is 19.1. The lowest BCUT2D eigenvalue weighted by molar-refractivity contribution is 0.102. The molecule has 0 saturated heterocycles. The van der Waals surface area contributed by atoms with E-state index in [4.69, 9.17) is 0 Å². The van der Waals surface area contributed by atoms with Crippen molar-refractivity contribution in [1.82, 2.24) is 10.2 Å². The molecule has 2 aromatic rings. The van der Waals surface area contributed by atoms with E-state index >= 15 is 0 Å². The second kappa shape index (κ2) is 8.37. The van der Waals surface area contributed by atoms with Crippen molar-refractivity contribution in [3.63, 3.8) is 0 Å². The largest absolute Gasteiger partial charge is 0.368 e. The van der Waals surface area contributed by atoms with Gasteiger partial charge in [0.05, 0.1) is 0 Å². The van der Waals surface area contributed by atoms with E-state index in [9.17, 15) is 9.18 Å². The Hall–Kier alpha value is -2.76. The Balaban J connectivity index is 1.49. The standard InChI is InChI=1S/C19H21FN4O/c20-16-8-6-15(7-9-16)19(25)22-18-11-10-17(23-24-18)21-13-12-14-4-2-1-3-5-14/h4,6-11H,1-3,5,12-13H2,(H,21,23)(H,22,24,25). The van der Waals surface area contributed by atoms with Gasteiger partial charge in [0.1, 0.15) is 11.6 Å². The van der Waals surface area contributed by atoms with Crippen molar-refractivity contribution >= 4 is 17.5 Å². The second-order valence-corrected chi connectivity index (χ2v) is 6.05. The second-order valence-electron chi connectivity index (χ2n) is 6.05. The van der Waals surface area contributed by atoms with Crippen LogP contribution in [0.1, 0.15) is 42.5 Å². The molecule has 1 amide bonds. The summed E-state index contributed by atoms with van der Waals surface area (Å²) in [4.78, 5) is 12.0. The maximum atomic E-state index is 12.9. The molecule has 0 unspecified atom stereocenters. The van der Waals surface area contributed by atoms with Crippen molar-refractivity contribution in [2.75, 3.05) is 17.2 Å². The Morgan fingerprint density at radius 1 is 1.04 bits per heavy atom. The fourth-order valence-electron chi connectivity index (χ4n) is 2.77. The van der Waals surface area contributed by atoms with Gasteiger partial charge in [0.15, 0.2) is 5.82 Å². The number of anilines is 2. The highest BCUT2D eigenvalue weighted by Crippen LogP contribution is 2.20. The van der Waals surface area contributed by atoms with Gasteiger partial charge in [-0.15, -0.1) is 10.2 Å². The quantitative estimate of drug-likeness (QED) is 0.775. The first-order valence-electron chi connectivity index (χ1n) is 8.53. The SMILES string of the molecule is O=C(Nc1ccc(NCCC2=CCCCC2)nn1)c1ccc(F)cc1. The molecule has 0 radical (unpaired) electrons. The molecule has 0 aliphatic heterocycles. The highest BCUT2D eigenvalue weighted by molar-refractivity contribution is 6.03. The topological polar surface area (TPSA) is 66.9 Å². The first-order chi connectivity index (χ1) is 12.2. The van der Waals surface area contributed by atoms with Crippen LogP contribution in [0.3, 0.4) is 0 Å². The highest BCUT2D eigenvalue weighted by Gasteiger charge is 2.08. The van der Waals surface area contributed by atoms with Gasteiger partial charge in [0.25, 0.3) is 5.91 Å². The third-order valence-electron chi connectivity index (χ3n) is 4.15.